The number of pyridine rings is 1. The number of benzene rings is 1. The van der Waals surface area contributed by atoms with Crippen molar-refractivity contribution in [3.8, 4) is 0 Å². The minimum atomic E-state index is 0.0522. The van der Waals surface area contributed by atoms with Gasteiger partial charge < -0.3 is 5.32 Å². The minimum Gasteiger partial charge on any atom is -0.325 e. The van der Waals surface area contributed by atoms with E-state index in [9.17, 15) is 4.79 Å². The Morgan fingerprint density at radius 3 is 2.88 bits per heavy atom. The summed E-state index contributed by atoms with van der Waals surface area (Å²) in [4.78, 5) is 16.0. The second kappa shape index (κ2) is 4.95. The summed E-state index contributed by atoms with van der Waals surface area (Å²) in [5.41, 5.74) is 1.73. The molecule has 3 nitrogen and oxygen atoms in total. The predicted octanol–water partition coefficient (Wildman–Crippen LogP) is 3.22. The number of rotatable bonds is 3. The lowest BCUT2D eigenvalue weighted by molar-refractivity contribution is -0.116. The van der Waals surface area contributed by atoms with Crippen molar-refractivity contribution in [1.29, 1.82) is 0 Å². The molecule has 0 aliphatic heterocycles. The molecule has 0 atom stereocenters. The number of carbonyl (C=O) groups is 1. The van der Waals surface area contributed by atoms with Crippen molar-refractivity contribution < 1.29 is 4.79 Å². The zero-order valence-electron chi connectivity index (χ0n) is 10.1. The van der Waals surface area contributed by atoms with Gasteiger partial charge in [0, 0.05) is 18.0 Å². The van der Waals surface area contributed by atoms with Crippen LogP contribution >= 0.6 is 0 Å². The monoisotopic (exact) mass is 228 g/mol. The van der Waals surface area contributed by atoms with Gasteiger partial charge in [-0.2, -0.15) is 0 Å². The Balaban J connectivity index is 2.27. The van der Waals surface area contributed by atoms with Crippen molar-refractivity contribution in [2.45, 2.75) is 20.3 Å². The third kappa shape index (κ3) is 2.81. The smallest absolute Gasteiger partial charge is 0.224 e. The van der Waals surface area contributed by atoms with Gasteiger partial charge in [0.2, 0.25) is 5.91 Å². The number of nitrogens with zero attached hydrogens (tertiary/aromatic N) is 1. The van der Waals surface area contributed by atoms with E-state index in [1.54, 1.807) is 6.20 Å². The summed E-state index contributed by atoms with van der Waals surface area (Å²) < 4.78 is 0. The van der Waals surface area contributed by atoms with Crippen LogP contribution in [0, 0.1) is 5.92 Å². The third-order valence-electron chi connectivity index (χ3n) is 2.51. The lowest BCUT2D eigenvalue weighted by atomic mass is 10.1. The van der Waals surface area contributed by atoms with Crippen LogP contribution in [0.15, 0.2) is 36.5 Å². The van der Waals surface area contributed by atoms with Crippen LogP contribution in [0.4, 0.5) is 5.69 Å². The highest BCUT2D eigenvalue weighted by Gasteiger charge is 2.07. The molecule has 17 heavy (non-hydrogen) atoms. The number of amides is 1. The number of nitrogens with one attached hydrogen (secondary N) is 1. The molecule has 0 saturated heterocycles. The Morgan fingerprint density at radius 1 is 1.29 bits per heavy atom. The molecular weight excluding hydrogens is 212 g/mol. The second-order valence-corrected chi connectivity index (χ2v) is 4.52. The van der Waals surface area contributed by atoms with E-state index in [4.69, 9.17) is 0 Å². The summed E-state index contributed by atoms with van der Waals surface area (Å²) >= 11 is 0. The SMILES string of the molecule is CC(C)CC(=O)Nc1cccc2ncccc12. The van der Waals surface area contributed by atoms with Gasteiger partial charge in [0.15, 0.2) is 0 Å². The molecule has 1 N–H and O–H groups in total. The Bertz CT molecular complexity index is 529. The first kappa shape index (κ1) is 11.6. The molecular formula is C14H16N2O. The standard InChI is InChI=1S/C14H16N2O/c1-10(2)9-14(17)16-13-7-3-6-12-11(13)5-4-8-15-12/h3-8,10H,9H2,1-2H3,(H,16,17). The van der Waals surface area contributed by atoms with E-state index in [1.165, 1.54) is 0 Å². The summed E-state index contributed by atoms with van der Waals surface area (Å²) in [7, 11) is 0. The normalized spacial score (nSPS) is 10.8. The molecule has 0 bridgehead atoms. The van der Waals surface area contributed by atoms with Gasteiger partial charge in [-0.15, -0.1) is 0 Å². The van der Waals surface area contributed by atoms with Crippen LogP contribution in [-0.2, 0) is 4.79 Å². The fourth-order valence-corrected chi connectivity index (χ4v) is 1.78. The van der Waals surface area contributed by atoms with Gasteiger partial charge in [0.25, 0.3) is 0 Å². The third-order valence-corrected chi connectivity index (χ3v) is 2.51. The van der Waals surface area contributed by atoms with Crippen LogP contribution in [0.1, 0.15) is 20.3 Å². The lowest BCUT2D eigenvalue weighted by Gasteiger charge is -2.09. The van der Waals surface area contributed by atoms with Crippen molar-refractivity contribution in [3.63, 3.8) is 0 Å². The first-order valence-corrected chi connectivity index (χ1v) is 5.80. The average Bonchev–Trinajstić information content (AvgIpc) is 2.28. The number of aromatic nitrogens is 1. The highest BCUT2D eigenvalue weighted by molar-refractivity contribution is 6.00. The van der Waals surface area contributed by atoms with Gasteiger partial charge in [-0.1, -0.05) is 19.9 Å². The van der Waals surface area contributed by atoms with Crippen LogP contribution in [0.2, 0.25) is 0 Å². The molecule has 1 aromatic heterocycles. The molecule has 0 aliphatic rings. The van der Waals surface area contributed by atoms with Gasteiger partial charge in [-0.3, -0.25) is 9.78 Å². The molecule has 2 aromatic rings. The van der Waals surface area contributed by atoms with E-state index in [0.717, 1.165) is 16.6 Å². The summed E-state index contributed by atoms with van der Waals surface area (Å²) in [5.74, 6) is 0.416. The van der Waals surface area contributed by atoms with Gasteiger partial charge in [-0.05, 0) is 30.2 Å². The molecule has 2 rings (SSSR count). The van der Waals surface area contributed by atoms with E-state index in [2.05, 4.69) is 10.3 Å². The first-order chi connectivity index (χ1) is 8.16. The fourth-order valence-electron chi connectivity index (χ4n) is 1.78. The van der Waals surface area contributed by atoms with Crippen molar-refractivity contribution in [2.24, 2.45) is 5.92 Å². The van der Waals surface area contributed by atoms with Crippen LogP contribution < -0.4 is 5.32 Å². The Hall–Kier alpha value is -1.90. The minimum absolute atomic E-state index is 0.0522. The maximum atomic E-state index is 11.7. The zero-order chi connectivity index (χ0) is 12.3. The predicted molar refractivity (Wildman–Crippen MR) is 69.8 cm³/mol. The van der Waals surface area contributed by atoms with Crippen LogP contribution in [0.3, 0.4) is 0 Å². The topological polar surface area (TPSA) is 42.0 Å². The van der Waals surface area contributed by atoms with Gasteiger partial charge >= 0.3 is 0 Å². The van der Waals surface area contributed by atoms with E-state index in [0.29, 0.717) is 12.3 Å². The van der Waals surface area contributed by atoms with E-state index in [1.807, 2.05) is 44.2 Å². The average molecular weight is 228 g/mol. The molecule has 0 fully saturated rings. The van der Waals surface area contributed by atoms with E-state index >= 15 is 0 Å². The van der Waals surface area contributed by atoms with E-state index < -0.39 is 0 Å². The highest BCUT2D eigenvalue weighted by Crippen LogP contribution is 2.21. The number of hydrogen-bond donors (Lipinski definition) is 1. The van der Waals surface area contributed by atoms with Crippen molar-refractivity contribution >= 4 is 22.5 Å². The first-order valence-electron chi connectivity index (χ1n) is 5.80. The molecule has 1 heterocycles. The summed E-state index contributed by atoms with van der Waals surface area (Å²) in [6, 6.07) is 9.59. The molecule has 0 radical (unpaired) electrons. The zero-order valence-corrected chi connectivity index (χ0v) is 10.1. The molecule has 0 spiro atoms. The maximum Gasteiger partial charge on any atom is 0.224 e. The summed E-state index contributed by atoms with van der Waals surface area (Å²) in [6.07, 6.45) is 2.29. The van der Waals surface area contributed by atoms with Gasteiger partial charge in [-0.25, -0.2) is 0 Å². The van der Waals surface area contributed by atoms with Crippen LogP contribution in [0.25, 0.3) is 10.9 Å². The second-order valence-electron chi connectivity index (χ2n) is 4.52. The molecule has 1 amide bonds. The Labute approximate surface area is 101 Å². The molecule has 1 aromatic carbocycles. The maximum absolute atomic E-state index is 11.7. The summed E-state index contributed by atoms with van der Waals surface area (Å²) in [5, 5.41) is 3.92. The van der Waals surface area contributed by atoms with Crippen molar-refractivity contribution in [3.05, 3.63) is 36.5 Å². The lowest BCUT2D eigenvalue weighted by Crippen LogP contribution is -2.14. The number of fused-ring (bicyclic) bond motifs is 1. The Kier molecular flexibility index (Phi) is 3.38. The molecule has 0 aliphatic carbocycles. The molecule has 3 heteroatoms. The quantitative estimate of drug-likeness (QED) is 0.876. The number of hydrogen-bond acceptors (Lipinski definition) is 2. The Morgan fingerprint density at radius 2 is 2.12 bits per heavy atom. The summed E-state index contributed by atoms with van der Waals surface area (Å²) in [6.45, 7) is 4.06. The van der Waals surface area contributed by atoms with Crippen LogP contribution in [-0.4, -0.2) is 10.9 Å². The van der Waals surface area contributed by atoms with Crippen LogP contribution in [0.5, 0.6) is 0 Å². The fraction of sp³-hybridized carbons (Fsp3) is 0.286. The largest absolute Gasteiger partial charge is 0.325 e. The number of carbonyl (C=O) groups excluding carboxylic acids is 1. The highest BCUT2D eigenvalue weighted by atomic mass is 16.1. The molecule has 0 saturated carbocycles. The van der Waals surface area contributed by atoms with Crippen molar-refractivity contribution in [1.82, 2.24) is 4.98 Å². The van der Waals surface area contributed by atoms with Gasteiger partial charge in [0.1, 0.15) is 0 Å². The van der Waals surface area contributed by atoms with Crippen molar-refractivity contribution in [2.75, 3.05) is 5.32 Å². The molecule has 88 valence electrons. The van der Waals surface area contributed by atoms with E-state index in [-0.39, 0.29) is 5.91 Å². The van der Waals surface area contributed by atoms with Gasteiger partial charge in [0.05, 0.1) is 11.2 Å². The molecule has 0 unspecified atom stereocenters. The number of anilines is 1.